The molecule has 0 heterocycles. The maximum absolute atomic E-state index is 9.49. The molecule has 1 fully saturated rings. The lowest BCUT2D eigenvalue weighted by Gasteiger charge is -2.46. The van der Waals surface area contributed by atoms with Gasteiger partial charge in [0.05, 0.1) is 6.61 Å². The number of hydrogen-bond donors (Lipinski definition) is 2. The van der Waals surface area contributed by atoms with Gasteiger partial charge in [0, 0.05) is 18.6 Å². The maximum Gasteiger partial charge on any atom is 0.0609 e. The molecule has 0 radical (unpaired) electrons. The number of nitrogens with one attached hydrogen (secondary N) is 1. The molecule has 0 aliphatic heterocycles. The topological polar surface area (TPSA) is 35.5 Å². The van der Waals surface area contributed by atoms with Crippen molar-refractivity contribution in [2.45, 2.75) is 52.0 Å². The van der Waals surface area contributed by atoms with Crippen LogP contribution < -0.4 is 5.32 Å². The molecule has 3 heteroatoms. The van der Waals surface area contributed by atoms with Gasteiger partial charge in [-0.3, -0.25) is 4.90 Å². The molecule has 2 N–H and O–H groups in total. The first-order chi connectivity index (χ1) is 8.35. The van der Waals surface area contributed by atoms with Crippen molar-refractivity contribution in [2.24, 2.45) is 11.3 Å². The zero-order valence-electron chi connectivity index (χ0n) is 12.9. The molecule has 1 aliphatic carbocycles. The van der Waals surface area contributed by atoms with E-state index in [1.54, 1.807) is 0 Å². The van der Waals surface area contributed by atoms with Gasteiger partial charge in [-0.05, 0) is 52.1 Å². The summed E-state index contributed by atoms with van der Waals surface area (Å²) in [6.07, 6.45) is 5.30. The van der Waals surface area contributed by atoms with Crippen molar-refractivity contribution in [2.75, 3.05) is 33.8 Å². The third-order valence-corrected chi connectivity index (χ3v) is 4.88. The lowest BCUT2D eigenvalue weighted by Crippen LogP contribution is -2.52. The van der Waals surface area contributed by atoms with Crippen LogP contribution in [0.4, 0.5) is 0 Å². The number of likely N-dealkylation sites (N-methyl/N-ethyl adjacent to an activating group) is 1. The summed E-state index contributed by atoms with van der Waals surface area (Å²) in [7, 11) is 4.20. The molecule has 0 saturated heterocycles. The second-order valence-corrected chi connectivity index (χ2v) is 7.04. The van der Waals surface area contributed by atoms with Crippen LogP contribution in [0.1, 0.15) is 46.5 Å². The Bertz CT molecular complexity index is 245. The highest BCUT2D eigenvalue weighted by atomic mass is 16.3. The van der Waals surface area contributed by atoms with Crippen molar-refractivity contribution in [3.63, 3.8) is 0 Å². The summed E-state index contributed by atoms with van der Waals surface area (Å²) in [6.45, 7) is 8.98. The Morgan fingerprint density at radius 2 is 1.89 bits per heavy atom. The van der Waals surface area contributed by atoms with E-state index in [1.165, 1.54) is 25.7 Å². The lowest BCUT2D eigenvalue weighted by molar-refractivity contribution is 0.0211. The van der Waals surface area contributed by atoms with Crippen LogP contribution in [-0.2, 0) is 0 Å². The first-order valence-corrected chi connectivity index (χ1v) is 7.32. The zero-order valence-corrected chi connectivity index (χ0v) is 12.9. The molecule has 0 bridgehead atoms. The van der Waals surface area contributed by atoms with Crippen LogP contribution in [0.5, 0.6) is 0 Å². The first-order valence-electron chi connectivity index (χ1n) is 7.32. The molecule has 3 nitrogen and oxygen atoms in total. The van der Waals surface area contributed by atoms with Gasteiger partial charge in [-0.1, -0.05) is 19.8 Å². The Balaban J connectivity index is 2.68. The minimum absolute atomic E-state index is 0.121. The molecule has 0 aromatic heterocycles. The van der Waals surface area contributed by atoms with Gasteiger partial charge >= 0.3 is 0 Å². The van der Waals surface area contributed by atoms with Crippen LogP contribution in [0.25, 0.3) is 0 Å². The van der Waals surface area contributed by atoms with Gasteiger partial charge < -0.3 is 10.4 Å². The predicted octanol–water partition coefficient (Wildman–Crippen LogP) is 2.10. The van der Waals surface area contributed by atoms with E-state index in [-0.39, 0.29) is 12.1 Å². The SMILES string of the molecule is CNCC1(CN(C)C(C)(C)CO)CCC(C)CC1. The summed E-state index contributed by atoms with van der Waals surface area (Å²) in [6, 6.07) is 0. The van der Waals surface area contributed by atoms with E-state index in [1.807, 2.05) is 0 Å². The summed E-state index contributed by atoms with van der Waals surface area (Å²) in [5, 5.41) is 12.9. The Morgan fingerprint density at radius 1 is 1.33 bits per heavy atom. The smallest absolute Gasteiger partial charge is 0.0609 e. The number of aliphatic hydroxyl groups excluding tert-OH is 1. The van der Waals surface area contributed by atoms with E-state index >= 15 is 0 Å². The minimum Gasteiger partial charge on any atom is -0.394 e. The fourth-order valence-corrected chi connectivity index (χ4v) is 2.98. The molecule has 18 heavy (non-hydrogen) atoms. The van der Waals surface area contributed by atoms with E-state index < -0.39 is 0 Å². The van der Waals surface area contributed by atoms with Crippen LogP contribution >= 0.6 is 0 Å². The molecule has 0 aromatic rings. The van der Waals surface area contributed by atoms with Gasteiger partial charge in [0.1, 0.15) is 0 Å². The second-order valence-electron chi connectivity index (χ2n) is 7.04. The highest BCUT2D eigenvalue weighted by Crippen LogP contribution is 2.39. The average Bonchev–Trinajstić information content (AvgIpc) is 2.33. The standard InChI is InChI=1S/C15H32N2O/c1-13-6-8-15(9-7-13,10-16-4)11-17(5)14(2,3)12-18/h13,16,18H,6-12H2,1-5H3. The van der Waals surface area contributed by atoms with E-state index in [2.05, 4.69) is 45.1 Å². The summed E-state index contributed by atoms with van der Waals surface area (Å²) in [4.78, 5) is 2.33. The van der Waals surface area contributed by atoms with Crippen molar-refractivity contribution in [3.8, 4) is 0 Å². The number of aliphatic hydroxyl groups is 1. The van der Waals surface area contributed by atoms with Gasteiger partial charge in [-0.2, -0.15) is 0 Å². The van der Waals surface area contributed by atoms with E-state index in [0.29, 0.717) is 5.41 Å². The highest BCUT2D eigenvalue weighted by molar-refractivity contribution is 4.91. The third kappa shape index (κ3) is 3.94. The van der Waals surface area contributed by atoms with Crippen LogP contribution in [0.3, 0.4) is 0 Å². The average molecular weight is 256 g/mol. The first kappa shape index (κ1) is 15.9. The third-order valence-electron chi connectivity index (χ3n) is 4.88. The Labute approximate surface area is 113 Å². The normalized spacial score (nSPS) is 29.8. The summed E-state index contributed by atoms with van der Waals surface area (Å²) >= 11 is 0. The number of hydrogen-bond acceptors (Lipinski definition) is 3. The molecule has 1 rings (SSSR count). The fraction of sp³-hybridized carbons (Fsp3) is 1.00. The molecule has 0 unspecified atom stereocenters. The van der Waals surface area contributed by atoms with Gasteiger partial charge in [0.25, 0.3) is 0 Å². The van der Waals surface area contributed by atoms with E-state index in [4.69, 9.17) is 0 Å². The fourth-order valence-electron chi connectivity index (χ4n) is 2.98. The predicted molar refractivity (Wildman–Crippen MR) is 77.8 cm³/mol. The molecule has 1 aliphatic rings. The Morgan fingerprint density at radius 3 is 2.33 bits per heavy atom. The van der Waals surface area contributed by atoms with Gasteiger partial charge in [-0.15, -0.1) is 0 Å². The van der Waals surface area contributed by atoms with Gasteiger partial charge in [0.15, 0.2) is 0 Å². The quantitative estimate of drug-likeness (QED) is 0.764. The molecule has 0 amide bonds. The molecule has 1 saturated carbocycles. The zero-order chi connectivity index (χ0) is 13.8. The maximum atomic E-state index is 9.49. The van der Waals surface area contributed by atoms with Crippen LogP contribution in [0, 0.1) is 11.3 Å². The lowest BCUT2D eigenvalue weighted by atomic mass is 9.70. The van der Waals surface area contributed by atoms with E-state index in [0.717, 1.165) is 19.0 Å². The van der Waals surface area contributed by atoms with Crippen molar-refractivity contribution in [1.29, 1.82) is 0 Å². The summed E-state index contributed by atoms with van der Waals surface area (Å²) in [5.74, 6) is 0.881. The van der Waals surface area contributed by atoms with Crippen molar-refractivity contribution < 1.29 is 5.11 Å². The number of rotatable bonds is 6. The second kappa shape index (κ2) is 6.36. The van der Waals surface area contributed by atoms with E-state index in [9.17, 15) is 5.11 Å². The monoisotopic (exact) mass is 256 g/mol. The summed E-state index contributed by atoms with van der Waals surface area (Å²) < 4.78 is 0. The highest BCUT2D eigenvalue weighted by Gasteiger charge is 2.37. The van der Waals surface area contributed by atoms with Crippen LogP contribution in [0.2, 0.25) is 0 Å². The Kier molecular flexibility index (Phi) is 5.63. The van der Waals surface area contributed by atoms with Crippen LogP contribution in [0.15, 0.2) is 0 Å². The Hall–Kier alpha value is -0.120. The largest absolute Gasteiger partial charge is 0.394 e. The molecule has 0 aromatic carbocycles. The van der Waals surface area contributed by atoms with Gasteiger partial charge in [-0.25, -0.2) is 0 Å². The van der Waals surface area contributed by atoms with Crippen molar-refractivity contribution in [1.82, 2.24) is 10.2 Å². The molecular weight excluding hydrogens is 224 g/mol. The molecular formula is C15H32N2O. The van der Waals surface area contributed by atoms with Crippen molar-refractivity contribution >= 4 is 0 Å². The van der Waals surface area contributed by atoms with Gasteiger partial charge in [0.2, 0.25) is 0 Å². The van der Waals surface area contributed by atoms with Crippen molar-refractivity contribution in [3.05, 3.63) is 0 Å². The number of nitrogens with zero attached hydrogens (tertiary/aromatic N) is 1. The minimum atomic E-state index is -0.121. The molecule has 0 spiro atoms. The molecule has 108 valence electrons. The summed E-state index contributed by atoms with van der Waals surface area (Å²) in [5.41, 5.74) is 0.270. The van der Waals surface area contributed by atoms with Crippen LogP contribution in [-0.4, -0.2) is 49.3 Å². The molecule has 0 atom stereocenters.